The number of carbonyl (C=O) groups is 2. The van der Waals surface area contributed by atoms with E-state index >= 15 is 0 Å². The molecule has 0 atom stereocenters. The van der Waals surface area contributed by atoms with Crippen LogP contribution in [-0.4, -0.2) is 51.6 Å². The van der Waals surface area contributed by atoms with Crippen LogP contribution in [0.2, 0.25) is 0 Å². The minimum absolute atomic E-state index is 0.203. The summed E-state index contributed by atoms with van der Waals surface area (Å²) >= 11 is 0. The number of hydrogen-bond donors (Lipinski definition) is 2. The van der Waals surface area contributed by atoms with Crippen LogP contribution in [0, 0.1) is 0 Å². The lowest BCUT2D eigenvalue weighted by Crippen LogP contribution is -2.49. The Kier molecular flexibility index (Phi) is 7.69. The molecule has 0 bridgehead atoms. The topological polar surface area (TPSA) is 120 Å². The Hall–Kier alpha value is -3.79. The molecular formula is C28H34N6O4. The van der Waals surface area contributed by atoms with Crippen molar-refractivity contribution in [1.29, 1.82) is 0 Å². The molecule has 2 aromatic heterocycles. The third kappa shape index (κ3) is 5.85. The molecule has 1 aromatic carbocycles. The molecule has 3 aromatic rings. The van der Waals surface area contributed by atoms with E-state index in [1.165, 1.54) is 0 Å². The summed E-state index contributed by atoms with van der Waals surface area (Å²) in [5.41, 5.74) is 3.72. The third-order valence-electron chi connectivity index (χ3n) is 7.15. The first-order valence-corrected chi connectivity index (χ1v) is 13.2. The lowest BCUT2D eigenvalue weighted by atomic mass is 9.75. The smallest absolute Gasteiger partial charge is 0.407 e. The van der Waals surface area contributed by atoms with E-state index in [0.717, 1.165) is 48.3 Å². The predicted octanol–water partition coefficient (Wildman–Crippen LogP) is 3.88. The summed E-state index contributed by atoms with van der Waals surface area (Å²) in [7, 11) is 1.93. The second-order valence-electron chi connectivity index (χ2n) is 10.2. The molecule has 5 rings (SSSR count). The van der Waals surface area contributed by atoms with Crippen LogP contribution in [0.15, 0.2) is 42.7 Å². The van der Waals surface area contributed by atoms with Gasteiger partial charge in [-0.15, -0.1) is 10.2 Å². The van der Waals surface area contributed by atoms with E-state index in [0.29, 0.717) is 50.1 Å². The largest absolute Gasteiger partial charge is 0.450 e. The zero-order valence-corrected chi connectivity index (χ0v) is 21.9. The average Bonchev–Trinajstić information content (AvgIpc) is 3.67. The molecule has 2 N–H and O–H groups in total. The second kappa shape index (κ2) is 11.3. The van der Waals surface area contributed by atoms with Gasteiger partial charge in [0.2, 0.25) is 0 Å². The second-order valence-corrected chi connectivity index (χ2v) is 10.2. The summed E-state index contributed by atoms with van der Waals surface area (Å²) in [5, 5.41) is 14.0. The van der Waals surface area contributed by atoms with Gasteiger partial charge in [-0.25, -0.2) is 9.78 Å². The first-order valence-electron chi connectivity index (χ1n) is 13.2. The molecule has 2 amide bonds. The number of benzene rings is 1. The van der Waals surface area contributed by atoms with E-state index in [1.54, 1.807) is 12.4 Å². The maximum atomic E-state index is 13.2. The molecular weight excluding hydrogens is 484 g/mol. The van der Waals surface area contributed by atoms with E-state index in [9.17, 15) is 9.59 Å². The van der Waals surface area contributed by atoms with Crippen molar-refractivity contribution in [2.75, 3.05) is 25.1 Å². The summed E-state index contributed by atoms with van der Waals surface area (Å²) < 4.78 is 12.7. The van der Waals surface area contributed by atoms with Crippen LogP contribution >= 0.6 is 0 Å². The van der Waals surface area contributed by atoms with Crippen molar-refractivity contribution in [1.82, 2.24) is 25.1 Å². The van der Waals surface area contributed by atoms with Crippen LogP contribution in [0.4, 0.5) is 10.5 Å². The summed E-state index contributed by atoms with van der Waals surface area (Å²) in [6.07, 6.45) is 5.83. The maximum absolute atomic E-state index is 13.2. The summed E-state index contributed by atoms with van der Waals surface area (Å²) in [6, 6.07) is 11.5. The van der Waals surface area contributed by atoms with Gasteiger partial charge in [0.15, 0.2) is 0 Å². The molecule has 1 saturated carbocycles. The molecule has 0 unspecified atom stereocenters. The van der Waals surface area contributed by atoms with E-state index in [-0.39, 0.29) is 11.3 Å². The normalized spacial score (nSPS) is 15.9. The number of anilines is 1. The molecule has 0 spiro atoms. The fourth-order valence-corrected chi connectivity index (χ4v) is 4.63. The monoisotopic (exact) mass is 518 g/mol. The van der Waals surface area contributed by atoms with Crippen molar-refractivity contribution in [2.45, 2.75) is 56.9 Å². The number of nitrogens with zero attached hydrogens (tertiary/aromatic N) is 4. The van der Waals surface area contributed by atoms with Gasteiger partial charge in [0, 0.05) is 42.7 Å². The molecule has 10 heteroatoms. The molecule has 200 valence electrons. The first-order chi connectivity index (χ1) is 18.5. The zero-order chi connectivity index (χ0) is 26.5. The van der Waals surface area contributed by atoms with Gasteiger partial charge in [-0.05, 0) is 48.6 Å². The number of carbonyl (C=O) groups excluding carboxylic acids is 2. The van der Waals surface area contributed by atoms with Gasteiger partial charge < -0.3 is 24.7 Å². The van der Waals surface area contributed by atoms with E-state index < -0.39 is 6.09 Å². The van der Waals surface area contributed by atoms with Crippen molar-refractivity contribution in [2.24, 2.45) is 7.05 Å². The van der Waals surface area contributed by atoms with Crippen molar-refractivity contribution < 1.29 is 19.1 Å². The Bertz CT molecular complexity index is 1300. The highest BCUT2D eigenvalue weighted by molar-refractivity contribution is 6.03. The van der Waals surface area contributed by atoms with E-state index in [1.807, 2.05) is 42.8 Å². The highest BCUT2D eigenvalue weighted by Gasteiger charge is 2.41. The molecule has 0 radical (unpaired) electrons. The minimum atomic E-state index is -0.435. The average molecular weight is 519 g/mol. The summed E-state index contributed by atoms with van der Waals surface area (Å²) in [6.45, 7) is 3.95. The molecule has 1 aliphatic heterocycles. The van der Waals surface area contributed by atoms with Crippen LogP contribution in [0.3, 0.4) is 0 Å². The number of nitrogens with one attached hydrogen (secondary N) is 2. The number of aromatic nitrogens is 4. The van der Waals surface area contributed by atoms with Gasteiger partial charge in [0.05, 0.1) is 19.8 Å². The Morgan fingerprint density at radius 3 is 2.74 bits per heavy atom. The highest BCUT2D eigenvalue weighted by Crippen LogP contribution is 2.41. The van der Waals surface area contributed by atoms with Crippen LogP contribution in [-0.2, 0) is 34.9 Å². The quantitative estimate of drug-likeness (QED) is 0.370. The number of amides is 2. The number of aryl methyl sites for hydroxylation is 1. The van der Waals surface area contributed by atoms with Crippen LogP contribution in [0.25, 0.3) is 0 Å². The number of ether oxygens (including phenoxy) is 2. The number of pyridine rings is 1. The van der Waals surface area contributed by atoms with Crippen LogP contribution in [0.5, 0.6) is 0 Å². The third-order valence-corrected chi connectivity index (χ3v) is 7.15. The Morgan fingerprint density at radius 2 is 2.05 bits per heavy atom. The Morgan fingerprint density at radius 1 is 1.21 bits per heavy atom. The van der Waals surface area contributed by atoms with Crippen LogP contribution in [0.1, 0.15) is 71.7 Å². The van der Waals surface area contributed by atoms with E-state index in [4.69, 9.17) is 14.5 Å². The fraction of sp³-hybridized carbons (Fsp3) is 0.464. The standard InChI is InChI=1S/C28H34N6O4/c1-3-4-12-38-27(36)29-15-20-10-11-23(32-25(20)19-8-9-19)26(35)31-22-7-5-6-21(13-22)28(16-37-17-28)14-24-33-30-18-34(24)2/h5-7,10-11,13,18-19H,3-4,8-9,12,14-17H2,1-2H3,(H,29,36)(H,31,35). The molecule has 2 aliphatic rings. The van der Waals surface area contributed by atoms with E-state index in [2.05, 4.69) is 26.9 Å². The molecule has 10 nitrogen and oxygen atoms in total. The van der Waals surface area contributed by atoms with Gasteiger partial charge in [-0.2, -0.15) is 0 Å². The van der Waals surface area contributed by atoms with Crippen molar-refractivity contribution in [3.8, 4) is 0 Å². The number of hydrogen-bond acceptors (Lipinski definition) is 7. The molecule has 38 heavy (non-hydrogen) atoms. The number of alkyl carbamates (subject to hydrolysis) is 1. The minimum Gasteiger partial charge on any atom is -0.450 e. The summed E-state index contributed by atoms with van der Waals surface area (Å²) in [4.78, 5) is 29.8. The lowest BCUT2D eigenvalue weighted by Gasteiger charge is -2.41. The van der Waals surface area contributed by atoms with Gasteiger partial charge >= 0.3 is 6.09 Å². The van der Waals surface area contributed by atoms with Crippen LogP contribution < -0.4 is 10.6 Å². The van der Waals surface area contributed by atoms with Crippen molar-refractivity contribution in [3.63, 3.8) is 0 Å². The van der Waals surface area contributed by atoms with Gasteiger partial charge in [0.25, 0.3) is 5.91 Å². The molecule has 3 heterocycles. The number of unbranched alkanes of at least 4 members (excludes halogenated alkanes) is 1. The Labute approximate surface area is 222 Å². The first kappa shape index (κ1) is 25.8. The number of rotatable bonds is 11. The Balaban J connectivity index is 1.26. The van der Waals surface area contributed by atoms with Crippen molar-refractivity contribution in [3.05, 3.63) is 71.1 Å². The highest BCUT2D eigenvalue weighted by atomic mass is 16.5. The van der Waals surface area contributed by atoms with Gasteiger partial charge in [-0.1, -0.05) is 31.5 Å². The fourth-order valence-electron chi connectivity index (χ4n) is 4.63. The van der Waals surface area contributed by atoms with Gasteiger partial charge in [-0.3, -0.25) is 4.79 Å². The lowest BCUT2D eigenvalue weighted by molar-refractivity contribution is -0.0610. The predicted molar refractivity (Wildman–Crippen MR) is 141 cm³/mol. The molecule has 1 aliphatic carbocycles. The summed E-state index contributed by atoms with van der Waals surface area (Å²) in [5.74, 6) is 0.941. The maximum Gasteiger partial charge on any atom is 0.407 e. The molecule has 1 saturated heterocycles. The molecule has 2 fully saturated rings. The van der Waals surface area contributed by atoms with Crippen molar-refractivity contribution >= 4 is 17.7 Å². The SMILES string of the molecule is CCCCOC(=O)NCc1ccc(C(=O)Nc2cccc(C3(Cc4nncn4C)COC3)c2)nc1C1CC1. The van der Waals surface area contributed by atoms with Gasteiger partial charge in [0.1, 0.15) is 17.8 Å². The zero-order valence-electron chi connectivity index (χ0n) is 21.9.